The van der Waals surface area contributed by atoms with Gasteiger partial charge in [0.2, 0.25) is 5.91 Å². The average molecular weight is 356 g/mol. The zero-order chi connectivity index (χ0) is 18.0. The lowest BCUT2D eigenvalue weighted by Crippen LogP contribution is -2.14. The van der Waals surface area contributed by atoms with Crippen LogP contribution in [-0.2, 0) is 11.8 Å². The fourth-order valence-electron chi connectivity index (χ4n) is 2.44. The maximum absolute atomic E-state index is 12.2. The second kappa shape index (κ2) is 7.14. The first-order chi connectivity index (χ1) is 12.0. The van der Waals surface area contributed by atoms with E-state index in [1.165, 1.54) is 17.3 Å². The fourth-order valence-corrected chi connectivity index (χ4v) is 3.15. The predicted octanol–water partition coefficient (Wildman–Crippen LogP) is 3.73. The van der Waals surface area contributed by atoms with Gasteiger partial charge in [0.25, 0.3) is 0 Å². The molecule has 0 radical (unpaired) electrons. The van der Waals surface area contributed by atoms with Crippen molar-refractivity contribution in [3.63, 3.8) is 0 Å². The Morgan fingerprint density at radius 1 is 1.20 bits per heavy atom. The van der Waals surface area contributed by atoms with Gasteiger partial charge in [-0.15, -0.1) is 10.2 Å². The van der Waals surface area contributed by atoms with Crippen LogP contribution in [0.15, 0.2) is 40.1 Å². The SMILES string of the molecule is Cc1ccc(NC(=O)CSc2nnc(-c3ccoc3C)n2C)cc1C. The van der Waals surface area contributed by atoms with Crippen LogP contribution in [0.25, 0.3) is 11.4 Å². The van der Waals surface area contributed by atoms with Crippen LogP contribution in [-0.4, -0.2) is 26.4 Å². The third-order valence-corrected chi connectivity index (χ3v) is 5.08. The number of benzene rings is 1. The minimum Gasteiger partial charge on any atom is -0.469 e. The van der Waals surface area contributed by atoms with E-state index in [0.717, 1.165) is 28.4 Å². The van der Waals surface area contributed by atoms with E-state index in [-0.39, 0.29) is 11.7 Å². The summed E-state index contributed by atoms with van der Waals surface area (Å²) in [6.45, 7) is 5.96. The van der Waals surface area contributed by atoms with E-state index in [1.54, 1.807) is 6.26 Å². The lowest BCUT2D eigenvalue weighted by atomic mass is 10.1. The Morgan fingerprint density at radius 3 is 2.68 bits per heavy atom. The number of aromatic nitrogens is 3. The molecule has 6 nitrogen and oxygen atoms in total. The van der Waals surface area contributed by atoms with Crippen LogP contribution in [0.1, 0.15) is 16.9 Å². The zero-order valence-electron chi connectivity index (χ0n) is 14.7. The highest BCUT2D eigenvalue weighted by Gasteiger charge is 2.15. The van der Waals surface area contributed by atoms with Crippen LogP contribution in [0.5, 0.6) is 0 Å². The van der Waals surface area contributed by atoms with E-state index < -0.39 is 0 Å². The van der Waals surface area contributed by atoms with Crippen LogP contribution in [0, 0.1) is 20.8 Å². The van der Waals surface area contributed by atoms with Crippen LogP contribution in [0.2, 0.25) is 0 Å². The Labute approximate surface area is 150 Å². The molecule has 7 heteroatoms. The smallest absolute Gasteiger partial charge is 0.234 e. The molecular formula is C18H20N4O2S. The normalized spacial score (nSPS) is 10.9. The number of thioether (sulfide) groups is 1. The molecule has 0 unspecified atom stereocenters. The Balaban J connectivity index is 1.64. The summed E-state index contributed by atoms with van der Waals surface area (Å²) in [4.78, 5) is 12.2. The molecule has 3 aromatic rings. The second-order valence-electron chi connectivity index (χ2n) is 5.89. The molecule has 2 aromatic heterocycles. The minimum absolute atomic E-state index is 0.0719. The van der Waals surface area contributed by atoms with Crippen LogP contribution >= 0.6 is 11.8 Å². The summed E-state index contributed by atoms with van der Waals surface area (Å²) in [6, 6.07) is 7.74. The van der Waals surface area contributed by atoms with E-state index in [4.69, 9.17) is 4.42 Å². The quantitative estimate of drug-likeness (QED) is 0.705. The molecule has 1 amide bonds. The number of aryl methyl sites for hydroxylation is 3. The van der Waals surface area contributed by atoms with Gasteiger partial charge in [0.1, 0.15) is 5.76 Å². The average Bonchev–Trinajstić information content (AvgIpc) is 3.14. The summed E-state index contributed by atoms with van der Waals surface area (Å²) in [5.41, 5.74) is 4.07. The highest BCUT2D eigenvalue weighted by atomic mass is 32.2. The summed E-state index contributed by atoms with van der Waals surface area (Å²) in [6.07, 6.45) is 1.63. The minimum atomic E-state index is -0.0719. The van der Waals surface area contributed by atoms with Crippen molar-refractivity contribution in [2.24, 2.45) is 7.05 Å². The van der Waals surface area contributed by atoms with Gasteiger partial charge in [0.15, 0.2) is 11.0 Å². The van der Waals surface area contributed by atoms with Crippen molar-refractivity contribution in [3.05, 3.63) is 47.4 Å². The fraction of sp³-hybridized carbons (Fsp3) is 0.278. The van der Waals surface area contributed by atoms with Gasteiger partial charge in [-0.3, -0.25) is 4.79 Å². The standard InChI is InChI=1S/C18H20N4O2S/c1-11-5-6-14(9-12(11)2)19-16(23)10-25-18-21-20-17(22(18)4)15-7-8-24-13(15)3/h5-9H,10H2,1-4H3,(H,19,23). The third kappa shape index (κ3) is 3.76. The highest BCUT2D eigenvalue weighted by Crippen LogP contribution is 2.26. The number of furan rings is 1. The van der Waals surface area contributed by atoms with Gasteiger partial charge in [-0.25, -0.2) is 0 Å². The number of amides is 1. The second-order valence-corrected chi connectivity index (χ2v) is 6.83. The highest BCUT2D eigenvalue weighted by molar-refractivity contribution is 7.99. The molecule has 130 valence electrons. The first-order valence-electron chi connectivity index (χ1n) is 7.89. The first-order valence-corrected chi connectivity index (χ1v) is 8.88. The molecule has 25 heavy (non-hydrogen) atoms. The molecule has 0 bridgehead atoms. The van der Waals surface area contributed by atoms with E-state index in [1.807, 2.05) is 56.7 Å². The molecule has 1 aromatic carbocycles. The van der Waals surface area contributed by atoms with Gasteiger partial charge >= 0.3 is 0 Å². The van der Waals surface area contributed by atoms with E-state index in [9.17, 15) is 4.79 Å². The van der Waals surface area contributed by atoms with Crippen molar-refractivity contribution < 1.29 is 9.21 Å². The largest absolute Gasteiger partial charge is 0.469 e. The molecule has 0 atom stereocenters. The lowest BCUT2D eigenvalue weighted by Gasteiger charge is -2.07. The van der Waals surface area contributed by atoms with Crippen molar-refractivity contribution >= 4 is 23.4 Å². The van der Waals surface area contributed by atoms with Gasteiger partial charge in [0, 0.05) is 12.7 Å². The van der Waals surface area contributed by atoms with Crippen molar-refractivity contribution in [3.8, 4) is 11.4 Å². The Bertz CT molecular complexity index is 914. The number of hydrogen-bond acceptors (Lipinski definition) is 5. The number of nitrogens with one attached hydrogen (secondary N) is 1. The molecule has 2 heterocycles. The topological polar surface area (TPSA) is 73.0 Å². The van der Waals surface area contributed by atoms with Gasteiger partial charge in [-0.05, 0) is 50.1 Å². The molecule has 1 N–H and O–H groups in total. The molecule has 0 fully saturated rings. The maximum atomic E-state index is 12.2. The van der Waals surface area contributed by atoms with Crippen LogP contribution in [0.4, 0.5) is 5.69 Å². The molecule has 3 rings (SSSR count). The Kier molecular flexibility index (Phi) is 4.94. The Morgan fingerprint density at radius 2 is 2.00 bits per heavy atom. The van der Waals surface area contributed by atoms with Crippen LogP contribution < -0.4 is 5.32 Å². The monoisotopic (exact) mass is 356 g/mol. The number of nitrogens with zero attached hydrogens (tertiary/aromatic N) is 3. The number of anilines is 1. The summed E-state index contributed by atoms with van der Waals surface area (Å²) in [5, 5.41) is 12.0. The molecular weight excluding hydrogens is 336 g/mol. The summed E-state index contributed by atoms with van der Waals surface area (Å²) in [5.74, 6) is 1.71. The number of rotatable bonds is 5. The van der Waals surface area contributed by atoms with Gasteiger partial charge in [0.05, 0.1) is 17.6 Å². The number of carbonyl (C=O) groups is 1. The van der Waals surface area contributed by atoms with Gasteiger partial charge < -0.3 is 14.3 Å². The van der Waals surface area contributed by atoms with Gasteiger partial charge in [-0.2, -0.15) is 0 Å². The van der Waals surface area contributed by atoms with E-state index in [0.29, 0.717) is 5.16 Å². The molecule has 0 saturated heterocycles. The van der Waals surface area contributed by atoms with Crippen molar-refractivity contribution in [2.75, 3.05) is 11.1 Å². The molecule has 0 saturated carbocycles. The molecule has 0 aliphatic heterocycles. The lowest BCUT2D eigenvalue weighted by molar-refractivity contribution is -0.113. The van der Waals surface area contributed by atoms with Crippen molar-refractivity contribution in [2.45, 2.75) is 25.9 Å². The molecule has 0 aliphatic rings. The summed E-state index contributed by atoms with van der Waals surface area (Å²) < 4.78 is 7.18. The van der Waals surface area contributed by atoms with E-state index >= 15 is 0 Å². The summed E-state index contributed by atoms with van der Waals surface area (Å²) in [7, 11) is 1.88. The number of carbonyl (C=O) groups excluding carboxylic acids is 1. The zero-order valence-corrected chi connectivity index (χ0v) is 15.5. The Hall–Kier alpha value is -2.54. The van der Waals surface area contributed by atoms with Gasteiger partial charge in [-0.1, -0.05) is 17.8 Å². The number of hydrogen-bond donors (Lipinski definition) is 1. The van der Waals surface area contributed by atoms with E-state index in [2.05, 4.69) is 15.5 Å². The first kappa shape index (κ1) is 17.3. The van der Waals surface area contributed by atoms with Crippen molar-refractivity contribution in [1.82, 2.24) is 14.8 Å². The molecule has 0 aliphatic carbocycles. The third-order valence-electron chi connectivity index (χ3n) is 4.06. The van der Waals surface area contributed by atoms with Crippen LogP contribution in [0.3, 0.4) is 0 Å². The maximum Gasteiger partial charge on any atom is 0.234 e. The predicted molar refractivity (Wildman–Crippen MR) is 98.7 cm³/mol. The summed E-state index contributed by atoms with van der Waals surface area (Å²) >= 11 is 1.35. The molecule has 0 spiro atoms. The van der Waals surface area contributed by atoms with Crippen molar-refractivity contribution in [1.29, 1.82) is 0 Å².